The Hall–Kier alpha value is -1.25. The Balaban J connectivity index is 2.13. The van der Waals surface area contributed by atoms with E-state index in [1.165, 1.54) is 31.4 Å². The van der Waals surface area contributed by atoms with Crippen LogP contribution in [0.4, 0.5) is 10.1 Å². The van der Waals surface area contributed by atoms with Gasteiger partial charge in [-0.3, -0.25) is 0 Å². The summed E-state index contributed by atoms with van der Waals surface area (Å²) >= 11 is 0. The van der Waals surface area contributed by atoms with Crippen LogP contribution in [0.2, 0.25) is 0 Å². The molecule has 0 saturated heterocycles. The Labute approximate surface area is 109 Å². The van der Waals surface area contributed by atoms with E-state index in [9.17, 15) is 4.39 Å². The molecule has 100 valence electrons. The monoisotopic (exact) mass is 251 g/mol. The summed E-state index contributed by atoms with van der Waals surface area (Å²) in [5.74, 6) is 1.69. The van der Waals surface area contributed by atoms with Gasteiger partial charge in [-0.15, -0.1) is 0 Å². The molecule has 1 aromatic rings. The molecule has 1 aliphatic carbocycles. The molecule has 1 N–H and O–H groups in total. The molecular weight excluding hydrogens is 229 g/mol. The summed E-state index contributed by atoms with van der Waals surface area (Å²) in [6.07, 6.45) is 3.73. The van der Waals surface area contributed by atoms with Crippen LogP contribution in [0.3, 0.4) is 0 Å². The van der Waals surface area contributed by atoms with Gasteiger partial charge in [0.25, 0.3) is 0 Å². The number of benzene rings is 1. The zero-order valence-electron chi connectivity index (χ0n) is 11.4. The van der Waals surface area contributed by atoms with Crippen LogP contribution in [0, 0.1) is 17.7 Å². The zero-order chi connectivity index (χ0) is 13.1. The molecule has 1 aliphatic rings. The third-order valence-corrected chi connectivity index (χ3v) is 4.21. The Morgan fingerprint density at radius 3 is 2.78 bits per heavy atom. The van der Waals surface area contributed by atoms with Gasteiger partial charge in [-0.2, -0.15) is 0 Å². The third kappa shape index (κ3) is 2.77. The predicted molar refractivity (Wildman–Crippen MR) is 72.5 cm³/mol. The summed E-state index contributed by atoms with van der Waals surface area (Å²) < 4.78 is 18.4. The van der Waals surface area contributed by atoms with E-state index >= 15 is 0 Å². The van der Waals surface area contributed by atoms with E-state index in [1.54, 1.807) is 13.2 Å². The molecule has 3 unspecified atom stereocenters. The molecular formula is C15H22FNO. The van der Waals surface area contributed by atoms with Gasteiger partial charge in [0, 0.05) is 12.1 Å². The summed E-state index contributed by atoms with van der Waals surface area (Å²) in [7, 11) is 1.58. The molecule has 0 aliphatic heterocycles. The average molecular weight is 251 g/mol. The molecule has 2 rings (SSSR count). The minimum Gasteiger partial charge on any atom is -0.494 e. The van der Waals surface area contributed by atoms with E-state index in [1.807, 2.05) is 0 Å². The number of rotatable bonds is 3. The lowest BCUT2D eigenvalue weighted by atomic mass is 9.78. The molecule has 0 aromatic heterocycles. The first-order valence-electron chi connectivity index (χ1n) is 6.72. The molecule has 0 heterocycles. The van der Waals surface area contributed by atoms with Gasteiger partial charge in [0.15, 0.2) is 0 Å². The number of halogens is 1. The van der Waals surface area contributed by atoms with Crippen LogP contribution in [0.15, 0.2) is 18.2 Å². The standard InChI is InChI=1S/C15H22FNO/c1-10-5-4-6-13(11(10)2)17-14-8-7-12(16)9-15(14)18-3/h7-11,13,17H,4-6H2,1-3H3. The summed E-state index contributed by atoms with van der Waals surface area (Å²) in [6.45, 7) is 4.60. The van der Waals surface area contributed by atoms with Crippen molar-refractivity contribution in [1.29, 1.82) is 0 Å². The molecule has 2 nitrogen and oxygen atoms in total. The zero-order valence-corrected chi connectivity index (χ0v) is 11.4. The van der Waals surface area contributed by atoms with Crippen LogP contribution >= 0.6 is 0 Å². The minimum absolute atomic E-state index is 0.262. The molecule has 1 fully saturated rings. The van der Waals surface area contributed by atoms with Crippen LogP contribution in [-0.4, -0.2) is 13.2 Å². The van der Waals surface area contributed by atoms with Gasteiger partial charge in [0.05, 0.1) is 12.8 Å². The first kappa shape index (κ1) is 13.2. The fourth-order valence-electron chi connectivity index (χ4n) is 2.77. The number of ether oxygens (including phenoxy) is 1. The Kier molecular flexibility index (Phi) is 4.10. The lowest BCUT2D eigenvalue weighted by Crippen LogP contribution is -2.35. The average Bonchev–Trinajstić information content (AvgIpc) is 2.37. The van der Waals surface area contributed by atoms with Crippen molar-refractivity contribution in [2.45, 2.75) is 39.2 Å². The van der Waals surface area contributed by atoms with Crippen LogP contribution in [-0.2, 0) is 0 Å². The SMILES string of the molecule is COc1cc(F)ccc1NC1CCCC(C)C1C. The second-order valence-corrected chi connectivity index (χ2v) is 5.36. The summed E-state index contributed by atoms with van der Waals surface area (Å²) in [4.78, 5) is 0. The highest BCUT2D eigenvalue weighted by atomic mass is 19.1. The Morgan fingerprint density at radius 2 is 2.06 bits per heavy atom. The number of nitrogens with one attached hydrogen (secondary N) is 1. The van der Waals surface area contributed by atoms with Crippen LogP contribution < -0.4 is 10.1 Å². The van der Waals surface area contributed by atoms with E-state index < -0.39 is 0 Å². The van der Waals surface area contributed by atoms with E-state index in [2.05, 4.69) is 19.2 Å². The predicted octanol–water partition coefficient (Wildman–Crippen LogP) is 4.07. The fourth-order valence-corrected chi connectivity index (χ4v) is 2.77. The highest BCUT2D eigenvalue weighted by molar-refractivity contribution is 5.57. The maximum absolute atomic E-state index is 13.1. The van der Waals surface area contributed by atoms with Crippen molar-refractivity contribution in [2.24, 2.45) is 11.8 Å². The van der Waals surface area contributed by atoms with Gasteiger partial charge >= 0.3 is 0 Å². The molecule has 3 atom stereocenters. The van der Waals surface area contributed by atoms with Gasteiger partial charge in [0.2, 0.25) is 0 Å². The van der Waals surface area contributed by atoms with E-state index in [0.29, 0.717) is 17.7 Å². The van der Waals surface area contributed by atoms with Crippen molar-refractivity contribution < 1.29 is 9.13 Å². The largest absolute Gasteiger partial charge is 0.494 e. The number of anilines is 1. The molecule has 0 radical (unpaired) electrons. The number of hydrogen-bond acceptors (Lipinski definition) is 2. The van der Waals surface area contributed by atoms with Crippen LogP contribution in [0.5, 0.6) is 5.75 Å². The minimum atomic E-state index is -0.262. The Bertz CT molecular complexity index is 407. The van der Waals surface area contributed by atoms with Gasteiger partial charge in [-0.1, -0.05) is 26.7 Å². The number of hydrogen-bond donors (Lipinski definition) is 1. The maximum Gasteiger partial charge on any atom is 0.144 e. The number of methoxy groups -OCH3 is 1. The second-order valence-electron chi connectivity index (χ2n) is 5.36. The van der Waals surface area contributed by atoms with Gasteiger partial charge in [0.1, 0.15) is 11.6 Å². The Morgan fingerprint density at radius 1 is 1.28 bits per heavy atom. The van der Waals surface area contributed by atoms with E-state index in [-0.39, 0.29) is 5.82 Å². The first-order valence-corrected chi connectivity index (χ1v) is 6.72. The van der Waals surface area contributed by atoms with Crippen molar-refractivity contribution in [3.8, 4) is 5.75 Å². The van der Waals surface area contributed by atoms with Crippen LogP contribution in [0.25, 0.3) is 0 Å². The summed E-state index contributed by atoms with van der Waals surface area (Å²) in [5.41, 5.74) is 0.893. The quantitative estimate of drug-likeness (QED) is 0.874. The lowest BCUT2D eigenvalue weighted by molar-refractivity contribution is 0.252. The van der Waals surface area contributed by atoms with Crippen LogP contribution in [0.1, 0.15) is 33.1 Å². The third-order valence-electron chi connectivity index (χ3n) is 4.21. The molecule has 18 heavy (non-hydrogen) atoms. The first-order chi connectivity index (χ1) is 8.61. The van der Waals surface area contributed by atoms with Crippen molar-refractivity contribution in [1.82, 2.24) is 0 Å². The van der Waals surface area contributed by atoms with Gasteiger partial charge in [-0.25, -0.2) is 4.39 Å². The smallest absolute Gasteiger partial charge is 0.144 e. The van der Waals surface area contributed by atoms with Gasteiger partial charge < -0.3 is 10.1 Å². The lowest BCUT2D eigenvalue weighted by Gasteiger charge is -2.35. The van der Waals surface area contributed by atoms with E-state index in [4.69, 9.17) is 4.74 Å². The highest BCUT2D eigenvalue weighted by Crippen LogP contribution is 2.34. The maximum atomic E-state index is 13.1. The van der Waals surface area contributed by atoms with Crippen molar-refractivity contribution in [3.63, 3.8) is 0 Å². The van der Waals surface area contributed by atoms with Crippen molar-refractivity contribution >= 4 is 5.69 Å². The summed E-state index contributed by atoms with van der Waals surface area (Å²) in [6, 6.07) is 5.12. The molecule has 1 aromatic carbocycles. The van der Waals surface area contributed by atoms with Crippen molar-refractivity contribution in [3.05, 3.63) is 24.0 Å². The topological polar surface area (TPSA) is 21.3 Å². The normalized spacial score (nSPS) is 27.9. The molecule has 3 heteroatoms. The fraction of sp³-hybridized carbons (Fsp3) is 0.600. The highest BCUT2D eigenvalue weighted by Gasteiger charge is 2.27. The molecule has 0 bridgehead atoms. The van der Waals surface area contributed by atoms with E-state index in [0.717, 1.165) is 11.6 Å². The molecule has 0 spiro atoms. The van der Waals surface area contributed by atoms with Gasteiger partial charge in [-0.05, 0) is 30.4 Å². The second kappa shape index (κ2) is 5.59. The van der Waals surface area contributed by atoms with Crippen molar-refractivity contribution in [2.75, 3.05) is 12.4 Å². The summed E-state index contributed by atoms with van der Waals surface area (Å²) in [5, 5.41) is 3.52. The molecule has 1 saturated carbocycles. The molecule has 0 amide bonds.